The molecule has 1 aromatic heterocycles. The number of aromatic nitrogens is 1. The van der Waals surface area contributed by atoms with E-state index in [1.807, 2.05) is 13.0 Å². The van der Waals surface area contributed by atoms with E-state index in [1.165, 1.54) is 0 Å². The second-order valence-electron chi connectivity index (χ2n) is 4.75. The summed E-state index contributed by atoms with van der Waals surface area (Å²) in [6.45, 7) is 4.90. The quantitative estimate of drug-likeness (QED) is 0.866. The maximum Gasteiger partial charge on any atom is 0.224 e. The van der Waals surface area contributed by atoms with Crippen molar-refractivity contribution in [3.05, 3.63) is 53.7 Å². The number of rotatable bonds is 6. The third-order valence-electron chi connectivity index (χ3n) is 3.07. The van der Waals surface area contributed by atoms with Crippen molar-refractivity contribution in [2.24, 2.45) is 0 Å². The van der Waals surface area contributed by atoms with Gasteiger partial charge in [-0.3, -0.25) is 0 Å². The van der Waals surface area contributed by atoms with Crippen molar-refractivity contribution < 1.29 is 13.5 Å². The number of halogens is 2. The lowest BCUT2D eigenvalue weighted by Crippen LogP contribution is -2.20. The predicted molar refractivity (Wildman–Crippen MR) is 77.4 cm³/mol. The fourth-order valence-corrected chi connectivity index (χ4v) is 1.95. The molecule has 0 spiro atoms. The smallest absolute Gasteiger partial charge is 0.224 e. The van der Waals surface area contributed by atoms with Crippen LogP contribution in [0.1, 0.15) is 31.9 Å². The van der Waals surface area contributed by atoms with Gasteiger partial charge in [-0.15, -0.1) is 0 Å². The monoisotopic (exact) mass is 292 g/mol. The van der Waals surface area contributed by atoms with E-state index < -0.39 is 11.6 Å². The average Bonchev–Trinajstić information content (AvgIpc) is 2.49. The molecule has 112 valence electrons. The van der Waals surface area contributed by atoms with Gasteiger partial charge in [0.1, 0.15) is 5.82 Å². The van der Waals surface area contributed by atoms with Crippen LogP contribution in [-0.2, 0) is 0 Å². The van der Waals surface area contributed by atoms with Crippen LogP contribution >= 0.6 is 0 Å². The van der Waals surface area contributed by atoms with E-state index >= 15 is 0 Å². The largest absolute Gasteiger partial charge is 0.435 e. The number of nitrogens with zero attached hydrogens (tertiary/aromatic N) is 1. The van der Waals surface area contributed by atoms with Crippen LogP contribution in [0.15, 0.2) is 36.5 Å². The maximum absolute atomic E-state index is 13.7. The number of hydrogen-bond acceptors (Lipinski definition) is 3. The molecule has 2 aromatic rings. The lowest BCUT2D eigenvalue weighted by Gasteiger charge is -2.17. The highest BCUT2D eigenvalue weighted by Crippen LogP contribution is 2.29. The zero-order valence-corrected chi connectivity index (χ0v) is 12.1. The summed E-state index contributed by atoms with van der Waals surface area (Å²) in [6, 6.07) is 6.74. The van der Waals surface area contributed by atoms with E-state index in [0.29, 0.717) is 0 Å². The van der Waals surface area contributed by atoms with E-state index in [9.17, 15) is 8.78 Å². The molecule has 1 atom stereocenters. The van der Waals surface area contributed by atoms with Gasteiger partial charge < -0.3 is 10.1 Å². The number of nitrogens with one attached hydrogen (secondary N) is 1. The number of pyridine rings is 1. The highest BCUT2D eigenvalue weighted by molar-refractivity contribution is 5.35. The highest BCUT2D eigenvalue weighted by Gasteiger charge is 2.14. The molecular weight excluding hydrogens is 274 g/mol. The summed E-state index contributed by atoms with van der Waals surface area (Å²) in [6.07, 6.45) is 2.56. The molecule has 1 unspecified atom stereocenters. The predicted octanol–water partition coefficient (Wildman–Crippen LogP) is 4.21. The molecule has 5 heteroatoms. The van der Waals surface area contributed by atoms with Crippen LogP contribution in [0.2, 0.25) is 0 Å². The minimum absolute atomic E-state index is 0.00488. The summed E-state index contributed by atoms with van der Waals surface area (Å²) in [7, 11) is 0. The van der Waals surface area contributed by atoms with Crippen LogP contribution in [0.3, 0.4) is 0 Å². The first-order valence-corrected chi connectivity index (χ1v) is 6.93. The van der Waals surface area contributed by atoms with E-state index in [4.69, 9.17) is 4.74 Å². The first-order valence-electron chi connectivity index (χ1n) is 6.93. The standard InChI is InChI=1S/C16H18F2N2O/c1-3-8-19-11(2)13-5-4-9-20-16(13)21-15-10-12(17)6-7-14(15)18/h4-7,9-11,19H,3,8H2,1-2H3. The molecule has 0 amide bonds. The Morgan fingerprint density at radius 2 is 2.10 bits per heavy atom. The van der Waals surface area contributed by atoms with Gasteiger partial charge in [0, 0.05) is 23.9 Å². The van der Waals surface area contributed by atoms with Gasteiger partial charge in [-0.25, -0.2) is 13.8 Å². The average molecular weight is 292 g/mol. The fraction of sp³-hybridized carbons (Fsp3) is 0.312. The molecule has 21 heavy (non-hydrogen) atoms. The number of benzene rings is 1. The SMILES string of the molecule is CCCNC(C)c1cccnc1Oc1cc(F)ccc1F. The first kappa shape index (κ1) is 15.4. The van der Waals surface area contributed by atoms with Crippen LogP contribution in [0.25, 0.3) is 0 Å². The second kappa shape index (κ2) is 7.13. The minimum Gasteiger partial charge on any atom is -0.435 e. The Labute approximate surface area is 123 Å². The Hall–Kier alpha value is -2.01. The zero-order valence-electron chi connectivity index (χ0n) is 12.1. The first-order chi connectivity index (χ1) is 10.1. The van der Waals surface area contributed by atoms with Gasteiger partial charge >= 0.3 is 0 Å². The summed E-state index contributed by atoms with van der Waals surface area (Å²) in [5.74, 6) is -1.07. The Morgan fingerprint density at radius 3 is 2.86 bits per heavy atom. The Morgan fingerprint density at radius 1 is 1.29 bits per heavy atom. The third kappa shape index (κ3) is 3.98. The van der Waals surface area contributed by atoms with Gasteiger partial charge in [0.25, 0.3) is 0 Å². The lowest BCUT2D eigenvalue weighted by molar-refractivity contribution is 0.410. The fourth-order valence-electron chi connectivity index (χ4n) is 1.95. The molecule has 1 N–H and O–H groups in total. The Kier molecular flexibility index (Phi) is 5.22. The third-order valence-corrected chi connectivity index (χ3v) is 3.07. The van der Waals surface area contributed by atoms with E-state index in [0.717, 1.165) is 36.7 Å². The highest BCUT2D eigenvalue weighted by atomic mass is 19.1. The molecule has 0 aliphatic rings. The molecule has 0 aliphatic heterocycles. The Balaban J connectivity index is 2.25. The molecule has 1 aromatic carbocycles. The van der Waals surface area contributed by atoms with Gasteiger partial charge in [-0.05, 0) is 38.1 Å². The van der Waals surface area contributed by atoms with Crippen LogP contribution < -0.4 is 10.1 Å². The summed E-state index contributed by atoms with van der Waals surface area (Å²) in [5, 5.41) is 3.31. The van der Waals surface area contributed by atoms with Crippen LogP contribution in [0, 0.1) is 11.6 Å². The summed E-state index contributed by atoms with van der Waals surface area (Å²) >= 11 is 0. The normalized spacial score (nSPS) is 12.2. The van der Waals surface area contributed by atoms with Gasteiger partial charge in [-0.2, -0.15) is 0 Å². The van der Waals surface area contributed by atoms with Gasteiger partial charge in [-0.1, -0.05) is 13.0 Å². The van der Waals surface area contributed by atoms with Gasteiger partial charge in [0.2, 0.25) is 5.88 Å². The molecule has 3 nitrogen and oxygen atoms in total. The Bertz CT molecular complexity index is 605. The molecule has 2 rings (SSSR count). The number of ether oxygens (including phenoxy) is 1. The molecule has 0 radical (unpaired) electrons. The molecule has 0 fully saturated rings. The summed E-state index contributed by atoms with van der Waals surface area (Å²) in [4.78, 5) is 4.12. The van der Waals surface area contributed by atoms with Crippen molar-refractivity contribution in [1.29, 1.82) is 0 Å². The van der Waals surface area contributed by atoms with Gasteiger partial charge in [0.15, 0.2) is 11.6 Å². The van der Waals surface area contributed by atoms with Crippen molar-refractivity contribution in [2.45, 2.75) is 26.3 Å². The second-order valence-corrected chi connectivity index (χ2v) is 4.75. The lowest BCUT2D eigenvalue weighted by atomic mass is 10.1. The van der Waals surface area contributed by atoms with Crippen molar-refractivity contribution in [1.82, 2.24) is 10.3 Å². The molecule has 1 heterocycles. The maximum atomic E-state index is 13.7. The minimum atomic E-state index is -0.623. The molecule has 0 bridgehead atoms. The summed E-state index contributed by atoms with van der Waals surface area (Å²) in [5.41, 5.74) is 0.801. The van der Waals surface area contributed by atoms with Crippen molar-refractivity contribution >= 4 is 0 Å². The van der Waals surface area contributed by atoms with Crippen molar-refractivity contribution in [3.8, 4) is 11.6 Å². The molecule has 0 saturated heterocycles. The van der Waals surface area contributed by atoms with Crippen LogP contribution in [0.4, 0.5) is 8.78 Å². The van der Waals surface area contributed by atoms with E-state index in [-0.39, 0.29) is 17.7 Å². The van der Waals surface area contributed by atoms with Crippen molar-refractivity contribution in [3.63, 3.8) is 0 Å². The van der Waals surface area contributed by atoms with Gasteiger partial charge in [0.05, 0.1) is 0 Å². The number of hydrogen-bond donors (Lipinski definition) is 1. The molecule has 0 aliphatic carbocycles. The summed E-state index contributed by atoms with van der Waals surface area (Å²) < 4.78 is 32.3. The van der Waals surface area contributed by atoms with E-state index in [2.05, 4.69) is 17.2 Å². The van der Waals surface area contributed by atoms with Crippen molar-refractivity contribution in [2.75, 3.05) is 6.54 Å². The molecule has 0 saturated carbocycles. The van der Waals surface area contributed by atoms with E-state index in [1.54, 1.807) is 12.3 Å². The van der Waals surface area contributed by atoms with Crippen LogP contribution in [0.5, 0.6) is 11.6 Å². The topological polar surface area (TPSA) is 34.2 Å². The molecular formula is C16H18F2N2O. The zero-order chi connectivity index (χ0) is 15.2. The van der Waals surface area contributed by atoms with Crippen LogP contribution in [-0.4, -0.2) is 11.5 Å².